The summed E-state index contributed by atoms with van der Waals surface area (Å²) in [5.41, 5.74) is 0. The number of allylic oxidation sites excluding steroid dienone is 9. The van der Waals surface area contributed by atoms with Crippen molar-refractivity contribution in [2.75, 3.05) is 40.9 Å². The molecule has 0 aliphatic rings. The molecule has 464 valence electrons. The van der Waals surface area contributed by atoms with E-state index < -0.39 is 20.0 Å². The molecule has 0 heterocycles. The summed E-state index contributed by atoms with van der Waals surface area (Å²) in [7, 11) is 1.55. The SMILES string of the molecule is CCCCCCC/C=C\C/C=C\CCCCCCCCCCCCCCCCCCCC(=O)NC(COP(=O)(O)OCC[N+](C)(C)C)C(O)/C=C/CC/C=C/CC/C=C/CCCCCCCCCCCCCCCCCCCC. The van der Waals surface area contributed by atoms with E-state index in [9.17, 15) is 19.4 Å². The Kier molecular flexibility index (Phi) is 59.4. The number of rotatable bonds is 63. The van der Waals surface area contributed by atoms with Gasteiger partial charge in [0.25, 0.3) is 0 Å². The Labute approximate surface area is 492 Å². The van der Waals surface area contributed by atoms with Crippen molar-refractivity contribution in [1.82, 2.24) is 5.32 Å². The molecule has 3 atom stereocenters. The number of nitrogens with one attached hydrogen (secondary N) is 1. The Morgan fingerprint density at radius 3 is 1.09 bits per heavy atom. The van der Waals surface area contributed by atoms with Gasteiger partial charge in [-0.3, -0.25) is 13.8 Å². The number of nitrogens with zero attached hydrogens (tertiary/aromatic N) is 1. The van der Waals surface area contributed by atoms with Crippen LogP contribution in [-0.4, -0.2) is 73.4 Å². The summed E-state index contributed by atoms with van der Waals surface area (Å²) < 4.78 is 23.8. The molecule has 0 radical (unpaired) electrons. The maximum atomic E-state index is 13.0. The fourth-order valence-corrected chi connectivity index (χ4v) is 10.8. The van der Waals surface area contributed by atoms with E-state index in [0.29, 0.717) is 17.4 Å². The summed E-state index contributed by atoms with van der Waals surface area (Å²) >= 11 is 0. The molecule has 9 heteroatoms. The van der Waals surface area contributed by atoms with E-state index in [2.05, 4.69) is 67.8 Å². The Hall–Kier alpha value is -1.80. The molecule has 0 aromatic rings. The van der Waals surface area contributed by atoms with Gasteiger partial charge in [-0.05, 0) is 77.0 Å². The maximum absolute atomic E-state index is 13.0. The van der Waals surface area contributed by atoms with Gasteiger partial charge in [-0.15, -0.1) is 0 Å². The van der Waals surface area contributed by atoms with Crippen LogP contribution in [0.4, 0.5) is 0 Å². The monoisotopic (exact) mass is 1130 g/mol. The second kappa shape index (κ2) is 60.8. The van der Waals surface area contributed by atoms with E-state index >= 15 is 0 Å². The zero-order valence-corrected chi connectivity index (χ0v) is 54.0. The fourth-order valence-electron chi connectivity index (χ4n) is 10.1. The number of phosphoric ester groups is 1. The standard InChI is InChI=1S/C70H133N2O6P/c1-6-8-10-12-14-16-18-20-22-24-26-28-30-32-34-36-38-40-42-44-46-48-50-52-54-56-58-60-62-64-70(74)71-68(67-78-79(75,76)77-66-65-72(3,4)5)69(73)63-61-59-57-55-53-51-49-47-45-43-41-39-37-35-33-31-29-27-25-23-21-19-17-15-13-11-9-7-2/h18,20,24,26,45,47,53,55,61,63,68-69,73H,6-17,19,21-23,25,27-44,46,48-52,54,56-60,62,64-67H2,1-5H3,(H-,71,74,75,76)/p+1/b20-18-,26-24-,47-45+,55-53+,63-61+. The van der Waals surface area contributed by atoms with Crippen LogP contribution in [0.25, 0.3) is 0 Å². The first-order valence-corrected chi connectivity index (χ1v) is 35.7. The Morgan fingerprint density at radius 1 is 0.430 bits per heavy atom. The van der Waals surface area contributed by atoms with Crippen LogP contribution in [0.2, 0.25) is 0 Å². The van der Waals surface area contributed by atoms with Gasteiger partial charge in [0, 0.05) is 6.42 Å². The van der Waals surface area contributed by atoms with Crippen molar-refractivity contribution in [2.45, 2.75) is 341 Å². The van der Waals surface area contributed by atoms with Gasteiger partial charge in [0.1, 0.15) is 13.2 Å². The zero-order valence-electron chi connectivity index (χ0n) is 53.1. The van der Waals surface area contributed by atoms with Gasteiger partial charge in [-0.25, -0.2) is 4.57 Å². The lowest BCUT2D eigenvalue weighted by atomic mass is 10.0. The topological polar surface area (TPSA) is 105 Å². The van der Waals surface area contributed by atoms with Gasteiger partial charge in [0.15, 0.2) is 0 Å². The van der Waals surface area contributed by atoms with Crippen LogP contribution < -0.4 is 5.32 Å². The largest absolute Gasteiger partial charge is 0.472 e. The lowest BCUT2D eigenvalue weighted by molar-refractivity contribution is -0.870. The highest BCUT2D eigenvalue weighted by Gasteiger charge is 2.28. The maximum Gasteiger partial charge on any atom is 0.472 e. The van der Waals surface area contributed by atoms with Crippen LogP contribution in [0.15, 0.2) is 60.8 Å². The number of likely N-dealkylation sites (N-methyl/N-ethyl adjacent to an activating group) is 1. The molecule has 1 amide bonds. The van der Waals surface area contributed by atoms with Crippen LogP contribution in [0, 0.1) is 0 Å². The van der Waals surface area contributed by atoms with Crippen molar-refractivity contribution < 1.29 is 32.9 Å². The molecule has 0 aliphatic carbocycles. The van der Waals surface area contributed by atoms with E-state index in [4.69, 9.17) is 9.05 Å². The number of phosphoric acid groups is 1. The van der Waals surface area contributed by atoms with Crippen LogP contribution in [0.5, 0.6) is 0 Å². The summed E-state index contributed by atoms with van der Waals surface area (Å²) in [6, 6.07) is -0.873. The van der Waals surface area contributed by atoms with Crippen LogP contribution in [0.1, 0.15) is 328 Å². The number of carbonyl (C=O) groups excluding carboxylic acids is 1. The smallest absolute Gasteiger partial charge is 0.387 e. The molecule has 0 aromatic heterocycles. The third-order valence-electron chi connectivity index (χ3n) is 15.4. The molecule has 0 bridgehead atoms. The third kappa shape index (κ3) is 63.6. The molecular formula is C70H134N2O6P+. The van der Waals surface area contributed by atoms with Gasteiger partial charge in [0.05, 0.1) is 39.9 Å². The number of hydrogen-bond donors (Lipinski definition) is 3. The molecule has 0 spiro atoms. The third-order valence-corrected chi connectivity index (χ3v) is 16.4. The molecule has 3 N–H and O–H groups in total. The van der Waals surface area contributed by atoms with Gasteiger partial charge >= 0.3 is 7.82 Å². The first-order chi connectivity index (χ1) is 38.5. The number of hydrogen-bond acceptors (Lipinski definition) is 5. The van der Waals surface area contributed by atoms with Crippen LogP contribution in [0.3, 0.4) is 0 Å². The minimum absolute atomic E-state index is 0.0532. The molecule has 0 aliphatic heterocycles. The molecule has 0 saturated heterocycles. The normalized spacial score (nSPS) is 14.1. The Bertz CT molecular complexity index is 1470. The van der Waals surface area contributed by atoms with Crippen LogP contribution >= 0.6 is 7.82 Å². The fraction of sp³-hybridized carbons (Fsp3) is 0.843. The van der Waals surface area contributed by atoms with E-state index in [0.717, 1.165) is 51.4 Å². The van der Waals surface area contributed by atoms with Gasteiger partial charge in [-0.2, -0.15) is 0 Å². The molecule has 0 fully saturated rings. The number of unbranched alkanes of at least 4 members (excludes halogenated alkanes) is 42. The predicted molar refractivity (Wildman–Crippen MR) is 346 cm³/mol. The van der Waals surface area contributed by atoms with Gasteiger partial charge < -0.3 is 19.8 Å². The van der Waals surface area contributed by atoms with Crippen LogP contribution in [-0.2, 0) is 18.4 Å². The molecule has 0 saturated carbocycles. The second-order valence-corrected chi connectivity index (χ2v) is 26.0. The summed E-state index contributed by atoms with van der Waals surface area (Å²) in [5, 5.41) is 14.0. The summed E-state index contributed by atoms with van der Waals surface area (Å²) in [6.45, 7) is 4.82. The summed E-state index contributed by atoms with van der Waals surface area (Å²) in [5.74, 6) is -0.187. The molecule has 0 rings (SSSR count). The first-order valence-electron chi connectivity index (χ1n) is 34.2. The number of carbonyl (C=O) groups is 1. The Balaban J connectivity index is 4.14. The summed E-state index contributed by atoms with van der Waals surface area (Å²) in [4.78, 5) is 23.4. The molecule has 3 unspecified atom stereocenters. The average molecular weight is 1130 g/mol. The number of amides is 1. The lowest BCUT2D eigenvalue weighted by Crippen LogP contribution is -2.45. The highest BCUT2D eigenvalue weighted by molar-refractivity contribution is 7.47. The lowest BCUT2D eigenvalue weighted by Gasteiger charge is -2.25. The number of aliphatic hydroxyl groups excluding tert-OH is 1. The molecule has 79 heavy (non-hydrogen) atoms. The zero-order chi connectivity index (χ0) is 57.7. The molecule has 8 nitrogen and oxygen atoms in total. The van der Waals surface area contributed by atoms with E-state index in [1.54, 1.807) is 6.08 Å². The molecular weight excluding hydrogens is 996 g/mol. The van der Waals surface area contributed by atoms with Crippen molar-refractivity contribution in [3.8, 4) is 0 Å². The van der Waals surface area contributed by atoms with E-state index in [1.165, 1.54) is 257 Å². The van der Waals surface area contributed by atoms with Crippen molar-refractivity contribution in [1.29, 1.82) is 0 Å². The van der Waals surface area contributed by atoms with Crippen molar-refractivity contribution in [3.05, 3.63) is 60.8 Å². The minimum atomic E-state index is -4.37. The first kappa shape index (κ1) is 77.2. The number of quaternary nitrogens is 1. The van der Waals surface area contributed by atoms with Gasteiger partial charge in [-0.1, -0.05) is 306 Å². The van der Waals surface area contributed by atoms with E-state index in [-0.39, 0.29) is 19.1 Å². The predicted octanol–water partition coefficient (Wildman–Crippen LogP) is 21.6. The quantitative estimate of drug-likeness (QED) is 0.0243. The Morgan fingerprint density at radius 2 is 0.734 bits per heavy atom. The molecule has 0 aromatic carbocycles. The summed E-state index contributed by atoms with van der Waals surface area (Å²) in [6.07, 6.45) is 83.7. The minimum Gasteiger partial charge on any atom is -0.387 e. The van der Waals surface area contributed by atoms with Crippen molar-refractivity contribution in [2.24, 2.45) is 0 Å². The number of aliphatic hydroxyl groups is 1. The van der Waals surface area contributed by atoms with Gasteiger partial charge in [0.2, 0.25) is 5.91 Å². The van der Waals surface area contributed by atoms with Crippen molar-refractivity contribution >= 4 is 13.7 Å². The van der Waals surface area contributed by atoms with E-state index in [1.807, 2.05) is 27.2 Å². The van der Waals surface area contributed by atoms with Crippen molar-refractivity contribution in [3.63, 3.8) is 0 Å². The second-order valence-electron chi connectivity index (χ2n) is 24.5. The highest BCUT2D eigenvalue weighted by atomic mass is 31.2. The highest BCUT2D eigenvalue weighted by Crippen LogP contribution is 2.43. The average Bonchev–Trinajstić information content (AvgIpc) is 3.42.